The van der Waals surface area contributed by atoms with Gasteiger partial charge in [0.1, 0.15) is 11.1 Å². The van der Waals surface area contributed by atoms with Gasteiger partial charge in [0.05, 0.1) is 28.3 Å². The molecule has 0 radical (unpaired) electrons. The Balaban J connectivity index is 1.38. The van der Waals surface area contributed by atoms with Gasteiger partial charge in [0.2, 0.25) is 0 Å². The maximum absolute atomic E-state index is 15.1. The number of pyridine rings is 1. The first-order valence-corrected chi connectivity index (χ1v) is 16.7. The number of fused-ring (bicyclic) bond motifs is 2. The molecular weight excluding hydrogens is 605 g/mol. The minimum absolute atomic E-state index is 0.0206. The topological polar surface area (TPSA) is 84.4 Å². The molecule has 1 unspecified atom stereocenters. The maximum atomic E-state index is 15.1. The van der Waals surface area contributed by atoms with Gasteiger partial charge in [0, 0.05) is 53.8 Å². The number of thiophene rings is 1. The summed E-state index contributed by atoms with van der Waals surface area (Å²) in [5.41, 5.74) is 2.88. The third-order valence-corrected chi connectivity index (χ3v) is 10.2. The molecule has 3 aromatic rings. The molecule has 1 amide bonds. The number of benzene rings is 1. The Hall–Kier alpha value is -2.50. The van der Waals surface area contributed by atoms with Crippen molar-refractivity contribution in [3.05, 3.63) is 45.7 Å². The minimum atomic E-state index is -0.638. The minimum Gasteiger partial charge on any atom is -0.444 e. The number of carbonyl (C=O) groups excluding carboxylic acids is 1. The number of hydrogen-bond acceptors (Lipinski definition) is 8. The molecule has 3 aliphatic heterocycles. The Morgan fingerprint density at radius 3 is 2.82 bits per heavy atom. The Kier molecular flexibility index (Phi) is 8.84. The largest absolute Gasteiger partial charge is 0.444 e. The fourth-order valence-corrected chi connectivity index (χ4v) is 8.08. The lowest BCUT2D eigenvalue weighted by molar-refractivity contribution is -0.177. The number of nitrogens with zero attached hydrogens (tertiary/aromatic N) is 3. The first-order chi connectivity index (χ1) is 21.0. The lowest BCUT2D eigenvalue weighted by Gasteiger charge is -2.38. The van der Waals surface area contributed by atoms with E-state index in [-0.39, 0.29) is 35.4 Å². The van der Waals surface area contributed by atoms with Crippen LogP contribution in [0.1, 0.15) is 70.2 Å². The van der Waals surface area contributed by atoms with Gasteiger partial charge in [-0.1, -0.05) is 11.6 Å². The highest BCUT2D eigenvalue weighted by Crippen LogP contribution is 2.47. The van der Waals surface area contributed by atoms with Crippen LogP contribution in [-0.2, 0) is 27.2 Å². The Morgan fingerprint density at radius 1 is 1.27 bits per heavy atom. The van der Waals surface area contributed by atoms with Crippen LogP contribution < -0.4 is 4.90 Å². The fraction of sp³-hybridized carbons (Fsp3) is 0.576. The van der Waals surface area contributed by atoms with Crippen LogP contribution in [0.3, 0.4) is 0 Å². The van der Waals surface area contributed by atoms with Crippen molar-refractivity contribution in [2.45, 2.75) is 96.3 Å². The quantitative estimate of drug-likeness (QED) is 0.301. The summed E-state index contributed by atoms with van der Waals surface area (Å²) in [6.45, 7) is 9.61. The van der Waals surface area contributed by atoms with Gasteiger partial charge in [-0.2, -0.15) is 0 Å². The van der Waals surface area contributed by atoms with E-state index in [2.05, 4.69) is 16.8 Å². The summed E-state index contributed by atoms with van der Waals surface area (Å²) in [6, 6.07) is 5.82. The van der Waals surface area contributed by atoms with Gasteiger partial charge >= 0.3 is 6.09 Å². The van der Waals surface area contributed by atoms with Crippen molar-refractivity contribution in [3.63, 3.8) is 0 Å². The predicted molar refractivity (Wildman–Crippen MR) is 171 cm³/mol. The number of ether oxygens (including phenoxy) is 3. The summed E-state index contributed by atoms with van der Waals surface area (Å²) in [5, 5.41) is 10.4. The van der Waals surface area contributed by atoms with Crippen LogP contribution in [-0.4, -0.2) is 70.9 Å². The van der Waals surface area contributed by atoms with E-state index in [1.165, 1.54) is 11.3 Å². The zero-order chi connectivity index (χ0) is 31.2. The van der Waals surface area contributed by atoms with Crippen molar-refractivity contribution in [3.8, 4) is 11.1 Å². The third kappa shape index (κ3) is 6.16. The molecular formula is C33H41ClFN3O5S. The molecule has 3 aliphatic rings. The van der Waals surface area contributed by atoms with Gasteiger partial charge in [-0.05, 0) is 90.0 Å². The normalized spacial score (nSPS) is 24.2. The number of aliphatic hydroxyl groups is 1. The molecule has 3 atom stereocenters. The number of amides is 1. The van der Waals surface area contributed by atoms with Gasteiger partial charge in [-0.15, -0.1) is 11.3 Å². The summed E-state index contributed by atoms with van der Waals surface area (Å²) in [5.74, 6) is -0.483. The number of hydrogen-bond donors (Lipinski definition) is 1. The van der Waals surface area contributed by atoms with Crippen LogP contribution in [0.5, 0.6) is 0 Å². The molecule has 1 N–H and O–H groups in total. The summed E-state index contributed by atoms with van der Waals surface area (Å²) in [6.07, 6.45) is 6.39. The van der Waals surface area contributed by atoms with E-state index in [9.17, 15) is 9.90 Å². The molecule has 11 heteroatoms. The zero-order valence-corrected chi connectivity index (χ0v) is 27.4. The average molecular weight is 646 g/mol. The molecule has 2 fully saturated rings. The third-order valence-electron chi connectivity index (χ3n) is 8.80. The second-order valence-corrected chi connectivity index (χ2v) is 14.9. The maximum Gasteiger partial charge on any atom is 0.410 e. The average Bonchev–Trinajstić information content (AvgIpc) is 3.51. The van der Waals surface area contributed by atoms with Crippen molar-refractivity contribution in [2.24, 2.45) is 0 Å². The number of likely N-dealkylation sites (tertiary alicyclic amines) is 1. The van der Waals surface area contributed by atoms with Crippen LogP contribution in [0.15, 0.2) is 24.4 Å². The zero-order valence-electron chi connectivity index (χ0n) is 25.8. The van der Waals surface area contributed by atoms with E-state index in [0.29, 0.717) is 35.9 Å². The highest BCUT2D eigenvalue weighted by molar-refractivity contribution is 7.19. The Bertz CT molecular complexity index is 1540. The second kappa shape index (κ2) is 12.4. The van der Waals surface area contributed by atoms with Crippen molar-refractivity contribution in [2.75, 3.05) is 31.2 Å². The summed E-state index contributed by atoms with van der Waals surface area (Å²) >= 11 is 7.92. The van der Waals surface area contributed by atoms with Crippen molar-refractivity contribution >= 4 is 44.9 Å². The molecule has 5 heterocycles. The van der Waals surface area contributed by atoms with Crippen molar-refractivity contribution in [1.82, 2.24) is 9.88 Å². The van der Waals surface area contributed by atoms with E-state index in [0.717, 1.165) is 61.0 Å². The fourth-order valence-electron chi connectivity index (χ4n) is 6.82. The highest BCUT2D eigenvalue weighted by atomic mass is 35.5. The number of aromatic nitrogens is 1. The van der Waals surface area contributed by atoms with Gasteiger partial charge in [-0.3, -0.25) is 9.88 Å². The monoisotopic (exact) mass is 645 g/mol. The first kappa shape index (κ1) is 31.5. The smallest absolute Gasteiger partial charge is 0.410 e. The number of aliphatic hydroxyl groups excluding tert-OH is 1. The van der Waals surface area contributed by atoms with Gasteiger partial charge in [0.15, 0.2) is 12.1 Å². The van der Waals surface area contributed by atoms with E-state index in [4.69, 9.17) is 25.8 Å². The molecule has 0 bridgehead atoms. The number of aryl methyl sites for hydroxylation is 1. The molecule has 238 valence electrons. The van der Waals surface area contributed by atoms with E-state index >= 15 is 4.39 Å². The Labute approximate surface area is 267 Å². The number of carbonyl (C=O) groups is 1. The molecule has 6 rings (SSSR count). The van der Waals surface area contributed by atoms with Gasteiger partial charge in [0.25, 0.3) is 0 Å². The molecule has 0 aliphatic carbocycles. The van der Waals surface area contributed by atoms with Crippen LogP contribution >= 0.6 is 22.9 Å². The molecule has 44 heavy (non-hydrogen) atoms. The SMILES string of the molecule is CC(C)(C)OC(=O)N1C[C@@H](N2CCCc3cc(Cl)cc(-c4ccnc5c(F)c(CO)sc45)c32)C[C@]1(C)COC1CCCCO1. The first-order valence-electron chi connectivity index (χ1n) is 15.5. The van der Waals surface area contributed by atoms with Gasteiger partial charge < -0.3 is 24.2 Å². The molecule has 0 spiro atoms. The summed E-state index contributed by atoms with van der Waals surface area (Å²) in [4.78, 5) is 22.5. The van der Waals surface area contributed by atoms with Gasteiger partial charge in [-0.25, -0.2) is 9.18 Å². The van der Waals surface area contributed by atoms with Crippen LogP contribution in [0.25, 0.3) is 21.3 Å². The molecule has 1 aromatic carbocycles. The molecule has 2 aromatic heterocycles. The van der Waals surface area contributed by atoms with E-state index < -0.39 is 17.0 Å². The summed E-state index contributed by atoms with van der Waals surface area (Å²) in [7, 11) is 0. The van der Waals surface area contributed by atoms with Crippen molar-refractivity contribution in [1.29, 1.82) is 0 Å². The van der Waals surface area contributed by atoms with Crippen LogP contribution in [0, 0.1) is 5.82 Å². The number of rotatable bonds is 6. The standard InChI is InChI=1S/C33H41ClFN3O5S/c1-32(2,3)43-31(40)38-17-22(16-33(38,4)19-42-26-9-5-6-13-41-26)37-12-7-8-20-14-21(34)15-24(29(20)37)23-10-11-36-28-27(35)25(18-39)44-30(23)28/h10-11,14-15,22,26,39H,5-9,12-13,16-19H2,1-4H3/t22-,26?,33+/m0/s1. The van der Waals surface area contributed by atoms with Crippen LogP contribution in [0.4, 0.5) is 14.9 Å². The summed E-state index contributed by atoms with van der Waals surface area (Å²) < 4.78 is 33.8. The lowest BCUT2D eigenvalue weighted by Crippen LogP contribution is -2.50. The highest BCUT2D eigenvalue weighted by Gasteiger charge is 2.49. The lowest BCUT2D eigenvalue weighted by atomic mass is 9.91. The Morgan fingerprint density at radius 2 is 2.09 bits per heavy atom. The van der Waals surface area contributed by atoms with Crippen molar-refractivity contribution < 1.29 is 28.5 Å². The number of halogens is 2. The molecule has 8 nitrogen and oxygen atoms in total. The predicted octanol–water partition coefficient (Wildman–Crippen LogP) is 7.31. The molecule has 0 saturated carbocycles. The van der Waals surface area contributed by atoms with Crippen LogP contribution in [0.2, 0.25) is 5.02 Å². The molecule has 2 saturated heterocycles. The van der Waals surface area contributed by atoms with E-state index in [1.807, 2.05) is 43.9 Å². The second-order valence-electron chi connectivity index (χ2n) is 13.3. The number of anilines is 1. The van der Waals surface area contributed by atoms with E-state index in [1.54, 1.807) is 6.20 Å².